The molecule has 0 spiro atoms. The van der Waals surface area contributed by atoms with E-state index in [1.165, 1.54) is 0 Å². The molecule has 2 aromatic rings. The highest BCUT2D eigenvalue weighted by Gasteiger charge is 2.15. The lowest BCUT2D eigenvalue weighted by atomic mass is 10.1. The molecule has 19 heavy (non-hydrogen) atoms. The summed E-state index contributed by atoms with van der Waals surface area (Å²) in [5.74, 6) is 0. The summed E-state index contributed by atoms with van der Waals surface area (Å²) < 4.78 is 0. The SMILES string of the molecule is CC(c1cccc(N)c1)N(C)c1cccnc1C#N. The van der Waals surface area contributed by atoms with Gasteiger partial charge in [-0.3, -0.25) is 0 Å². The molecule has 2 rings (SSSR count). The Morgan fingerprint density at radius 3 is 2.79 bits per heavy atom. The van der Waals surface area contributed by atoms with Crippen LogP contribution in [0.25, 0.3) is 0 Å². The number of aromatic nitrogens is 1. The van der Waals surface area contributed by atoms with Crippen LogP contribution in [0, 0.1) is 11.3 Å². The van der Waals surface area contributed by atoms with E-state index in [-0.39, 0.29) is 6.04 Å². The summed E-state index contributed by atoms with van der Waals surface area (Å²) in [7, 11) is 1.95. The first-order chi connectivity index (χ1) is 9.13. The van der Waals surface area contributed by atoms with Crippen LogP contribution >= 0.6 is 0 Å². The summed E-state index contributed by atoms with van der Waals surface area (Å²) >= 11 is 0. The topological polar surface area (TPSA) is 65.9 Å². The highest BCUT2D eigenvalue weighted by molar-refractivity contribution is 5.57. The molecule has 0 saturated carbocycles. The summed E-state index contributed by atoms with van der Waals surface area (Å²) in [6.45, 7) is 2.07. The maximum Gasteiger partial charge on any atom is 0.163 e. The number of rotatable bonds is 3. The third kappa shape index (κ3) is 2.66. The molecule has 4 heteroatoms. The second-order valence-electron chi connectivity index (χ2n) is 4.44. The van der Waals surface area contributed by atoms with Crippen molar-refractivity contribution in [1.82, 2.24) is 4.98 Å². The first-order valence-electron chi connectivity index (χ1n) is 6.07. The van der Waals surface area contributed by atoms with Crippen molar-refractivity contribution in [3.8, 4) is 6.07 Å². The van der Waals surface area contributed by atoms with Crippen molar-refractivity contribution in [3.05, 3.63) is 53.9 Å². The van der Waals surface area contributed by atoms with Crippen LogP contribution in [0.1, 0.15) is 24.2 Å². The molecule has 0 radical (unpaired) electrons. The van der Waals surface area contributed by atoms with Crippen molar-refractivity contribution < 1.29 is 0 Å². The molecule has 96 valence electrons. The smallest absolute Gasteiger partial charge is 0.163 e. The Kier molecular flexibility index (Phi) is 3.67. The van der Waals surface area contributed by atoms with Crippen molar-refractivity contribution in [2.45, 2.75) is 13.0 Å². The zero-order valence-electron chi connectivity index (χ0n) is 11.0. The summed E-state index contributed by atoms with van der Waals surface area (Å²) in [6.07, 6.45) is 1.63. The number of pyridine rings is 1. The second kappa shape index (κ2) is 5.40. The van der Waals surface area contributed by atoms with Crippen LogP contribution in [-0.2, 0) is 0 Å². The molecule has 1 heterocycles. The van der Waals surface area contributed by atoms with E-state index in [1.54, 1.807) is 6.20 Å². The van der Waals surface area contributed by atoms with Gasteiger partial charge in [0.05, 0.1) is 11.7 Å². The van der Waals surface area contributed by atoms with Gasteiger partial charge in [0.2, 0.25) is 0 Å². The van der Waals surface area contributed by atoms with Crippen molar-refractivity contribution >= 4 is 11.4 Å². The van der Waals surface area contributed by atoms with Crippen LogP contribution < -0.4 is 10.6 Å². The number of hydrogen-bond donors (Lipinski definition) is 1. The molecular formula is C15H16N4. The van der Waals surface area contributed by atoms with E-state index < -0.39 is 0 Å². The summed E-state index contributed by atoms with van der Waals surface area (Å²) in [4.78, 5) is 6.11. The number of nitrogen functional groups attached to an aromatic ring is 1. The van der Waals surface area contributed by atoms with Crippen LogP contribution in [0.2, 0.25) is 0 Å². The highest BCUT2D eigenvalue weighted by Crippen LogP contribution is 2.27. The number of nitrogens with two attached hydrogens (primary N) is 1. The standard InChI is InChI=1S/C15H16N4/c1-11(12-5-3-6-13(17)9-12)19(2)15-7-4-8-18-14(15)10-16/h3-9,11H,17H2,1-2H3. The molecule has 1 aromatic heterocycles. The fraction of sp³-hybridized carbons (Fsp3) is 0.200. The lowest BCUT2D eigenvalue weighted by Crippen LogP contribution is -2.22. The monoisotopic (exact) mass is 252 g/mol. The van der Waals surface area contributed by atoms with Gasteiger partial charge in [-0.2, -0.15) is 5.26 Å². The zero-order chi connectivity index (χ0) is 13.8. The zero-order valence-corrected chi connectivity index (χ0v) is 11.0. The maximum atomic E-state index is 9.10. The molecule has 0 aliphatic carbocycles. The van der Waals surface area contributed by atoms with Crippen LogP contribution in [0.5, 0.6) is 0 Å². The molecule has 4 nitrogen and oxygen atoms in total. The fourth-order valence-electron chi connectivity index (χ4n) is 2.02. The fourth-order valence-corrected chi connectivity index (χ4v) is 2.02. The van der Waals surface area contributed by atoms with Gasteiger partial charge in [-0.05, 0) is 36.8 Å². The summed E-state index contributed by atoms with van der Waals surface area (Å²) in [5, 5.41) is 9.10. The normalized spacial score (nSPS) is 11.6. The third-order valence-electron chi connectivity index (χ3n) is 3.25. The van der Waals surface area contributed by atoms with E-state index in [0.29, 0.717) is 5.69 Å². The molecular weight excluding hydrogens is 236 g/mol. The van der Waals surface area contributed by atoms with Gasteiger partial charge in [0.15, 0.2) is 5.69 Å². The van der Waals surface area contributed by atoms with E-state index >= 15 is 0 Å². The summed E-state index contributed by atoms with van der Waals surface area (Å²) in [6, 6.07) is 13.7. The Morgan fingerprint density at radius 1 is 1.32 bits per heavy atom. The van der Waals surface area contributed by atoms with Crippen molar-refractivity contribution in [3.63, 3.8) is 0 Å². The molecule has 1 unspecified atom stereocenters. The van der Waals surface area contributed by atoms with Gasteiger partial charge >= 0.3 is 0 Å². The van der Waals surface area contributed by atoms with Crippen molar-refractivity contribution in [1.29, 1.82) is 5.26 Å². The van der Waals surface area contributed by atoms with Crippen molar-refractivity contribution in [2.24, 2.45) is 0 Å². The predicted octanol–water partition coefficient (Wildman–Crippen LogP) is 2.73. The Balaban J connectivity index is 2.34. The average molecular weight is 252 g/mol. The van der Waals surface area contributed by atoms with E-state index in [4.69, 9.17) is 11.0 Å². The van der Waals surface area contributed by atoms with E-state index in [1.807, 2.05) is 48.3 Å². The van der Waals surface area contributed by atoms with Gasteiger partial charge in [-0.25, -0.2) is 4.98 Å². The predicted molar refractivity (Wildman–Crippen MR) is 76.6 cm³/mol. The van der Waals surface area contributed by atoms with Crippen LogP contribution in [0.15, 0.2) is 42.6 Å². The Bertz CT molecular complexity index is 616. The molecule has 0 fully saturated rings. The van der Waals surface area contributed by atoms with Gasteiger partial charge in [-0.15, -0.1) is 0 Å². The molecule has 1 aromatic carbocycles. The average Bonchev–Trinajstić information content (AvgIpc) is 2.45. The van der Waals surface area contributed by atoms with E-state index in [2.05, 4.69) is 18.0 Å². The number of nitrogens with zero attached hydrogens (tertiary/aromatic N) is 3. The minimum absolute atomic E-state index is 0.111. The van der Waals surface area contributed by atoms with Gasteiger partial charge in [0, 0.05) is 18.9 Å². The first kappa shape index (κ1) is 12.9. The Labute approximate surface area is 113 Å². The summed E-state index contributed by atoms with van der Waals surface area (Å²) in [5.41, 5.74) is 8.91. The third-order valence-corrected chi connectivity index (χ3v) is 3.25. The largest absolute Gasteiger partial charge is 0.399 e. The molecule has 0 amide bonds. The molecule has 0 aliphatic heterocycles. The molecule has 0 saturated heterocycles. The Morgan fingerprint density at radius 2 is 2.11 bits per heavy atom. The molecule has 0 bridgehead atoms. The number of benzene rings is 1. The second-order valence-corrected chi connectivity index (χ2v) is 4.44. The lowest BCUT2D eigenvalue weighted by Gasteiger charge is -2.27. The number of nitriles is 1. The highest BCUT2D eigenvalue weighted by atomic mass is 15.1. The van der Waals surface area contributed by atoms with Gasteiger partial charge in [-0.1, -0.05) is 12.1 Å². The lowest BCUT2D eigenvalue weighted by molar-refractivity contribution is 0.737. The minimum atomic E-state index is 0.111. The van der Waals surface area contributed by atoms with Gasteiger partial charge in [0.1, 0.15) is 6.07 Å². The molecule has 0 aliphatic rings. The van der Waals surface area contributed by atoms with Gasteiger partial charge in [0.25, 0.3) is 0 Å². The number of hydrogen-bond acceptors (Lipinski definition) is 4. The van der Waals surface area contributed by atoms with Crippen molar-refractivity contribution in [2.75, 3.05) is 17.7 Å². The maximum absolute atomic E-state index is 9.10. The quantitative estimate of drug-likeness (QED) is 0.853. The Hall–Kier alpha value is -2.54. The van der Waals surface area contributed by atoms with Crippen LogP contribution in [-0.4, -0.2) is 12.0 Å². The van der Waals surface area contributed by atoms with E-state index in [9.17, 15) is 0 Å². The minimum Gasteiger partial charge on any atom is -0.399 e. The first-order valence-corrected chi connectivity index (χ1v) is 6.07. The van der Waals surface area contributed by atoms with Gasteiger partial charge < -0.3 is 10.6 Å². The molecule has 1 atom stereocenters. The molecule has 2 N–H and O–H groups in total. The van der Waals surface area contributed by atoms with E-state index in [0.717, 1.165) is 16.9 Å². The number of anilines is 2. The van der Waals surface area contributed by atoms with Crippen LogP contribution in [0.4, 0.5) is 11.4 Å². The van der Waals surface area contributed by atoms with Crippen LogP contribution in [0.3, 0.4) is 0 Å².